The van der Waals surface area contributed by atoms with Gasteiger partial charge in [0.05, 0.1) is 4.92 Å². The highest BCUT2D eigenvalue weighted by Gasteiger charge is 2.31. The summed E-state index contributed by atoms with van der Waals surface area (Å²) in [6, 6.07) is 12.8. The number of rotatable bonds is 6. The van der Waals surface area contributed by atoms with E-state index in [0.29, 0.717) is 17.9 Å². The molecule has 1 heterocycles. The fourth-order valence-corrected chi connectivity index (χ4v) is 2.61. The van der Waals surface area contributed by atoms with E-state index in [-0.39, 0.29) is 23.9 Å². The van der Waals surface area contributed by atoms with Gasteiger partial charge in [-0.15, -0.1) is 0 Å². The first-order valence-corrected chi connectivity index (χ1v) is 8.28. The van der Waals surface area contributed by atoms with Gasteiger partial charge in [0.1, 0.15) is 18.1 Å². The number of nitrogens with zero attached hydrogens (tertiary/aromatic N) is 2. The summed E-state index contributed by atoms with van der Waals surface area (Å²) in [4.78, 5) is 35.2. The van der Waals surface area contributed by atoms with E-state index in [0.717, 1.165) is 10.5 Å². The minimum absolute atomic E-state index is 0.0162. The Morgan fingerprint density at radius 1 is 1.19 bits per heavy atom. The summed E-state index contributed by atoms with van der Waals surface area (Å²) in [6.45, 7) is 2.24. The molecule has 0 spiro atoms. The first-order chi connectivity index (χ1) is 13.0. The van der Waals surface area contributed by atoms with Crippen LogP contribution in [0.4, 0.5) is 10.5 Å². The van der Waals surface area contributed by atoms with E-state index < -0.39 is 11.0 Å². The lowest BCUT2D eigenvalue weighted by Gasteiger charge is -2.07. The van der Waals surface area contributed by atoms with Crippen LogP contribution in [0.25, 0.3) is 6.08 Å². The molecule has 0 radical (unpaired) electrons. The van der Waals surface area contributed by atoms with Crippen LogP contribution in [0, 0.1) is 10.1 Å². The number of amides is 3. The molecule has 3 amide bonds. The van der Waals surface area contributed by atoms with Crippen LogP contribution in [-0.2, 0) is 11.4 Å². The number of carbonyl (C=O) groups excluding carboxylic acids is 2. The maximum Gasteiger partial charge on any atom is 0.328 e. The van der Waals surface area contributed by atoms with Crippen LogP contribution in [0.3, 0.4) is 0 Å². The van der Waals surface area contributed by atoms with Gasteiger partial charge in [0.15, 0.2) is 0 Å². The lowest BCUT2D eigenvalue weighted by molar-refractivity contribution is -0.384. The van der Waals surface area contributed by atoms with E-state index in [9.17, 15) is 19.7 Å². The van der Waals surface area contributed by atoms with Crippen molar-refractivity contribution in [2.45, 2.75) is 13.5 Å². The van der Waals surface area contributed by atoms with Crippen molar-refractivity contribution in [1.82, 2.24) is 10.2 Å². The number of hydrogen-bond donors (Lipinski definition) is 1. The fraction of sp³-hybridized carbons (Fsp3) is 0.158. The summed E-state index contributed by atoms with van der Waals surface area (Å²) in [5.74, 6) is 0.231. The second-order valence-corrected chi connectivity index (χ2v) is 5.82. The Hall–Kier alpha value is -3.68. The van der Waals surface area contributed by atoms with Crippen LogP contribution < -0.4 is 10.1 Å². The van der Waals surface area contributed by atoms with Crippen molar-refractivity contribution in [2.75, 3.05) is 6.54 Å². The van der Waals surface area contributed by atoms with Crippen molar-refractivity contribution in [3.63, 3.8) is 0 Å². The van der Waals surface area contributed by atoms with E-state index in [2.05, 4.69) is 5.32 Å². The topological polar surface area (TPSA) is 102 Å². The van der Waals surface area contributed by atoms with Crippen molar-refractivity contribution in [1.29, 1.82) is 0 Å². The molecule has 0 atom stereocenters. The molecule has 3 rings (SSSR count). The van der Waals surface area contributed by atoms with Crippen LogP contribution >= 0.6 is 0 Å². The third kappa shape index (κ3) is 4.12. The highest BCUT2D eigenvalue weighted by atomic mass is 16.6. The molecule has 0 saturated carbocycles. The number of ether oxygens (including phenoxy) is 1. The minimum Gasteiger partial charge on any atom is -0.489 e. The number of hydrogen-bond acceptors (Lipinski definition) is 5. The molecule has 1 aliphatic rings. The maximum absolute atomic E-state index is 12.1. The first-order valence-electron chi connectivity index (χ1n) is 8.28. The summed E-state index contributed by atoms with van der Waals surface area (Å²) in [7, 11) is 0. The number of nitro benzene ring substituents is 1. The smallest absolute Gasteiger partial charge is 0.328 e. The zero-order chi connectivity index (χ0) is 19.4. The number of carbonyl (C=O) groups is 2. The van der Waals surface area contributed by atoms with Crippen LogP contribution in [-0.4, -0.2) is 28.3 Å². The lowest BCUT2D eigenvalue weighted by Crippen LogP contribution is -2.30. The zero-order valence-corrected chi connectivity index (χ0v) is 14.5. The SMILES string of the molecule is CCN1C(=O)N/C(=C/c2ccc(OCc3cccc([N+](=O)[O-])c3)cc2)C1=O. The van der Waals surface area contributed by atoms with Crippen molar-refractivity contribution < 1.29 is 19.2 Å². The summed E-state index contributed by atoms with van der Waals surface area (Å²) >= 11 is 0. The largest absolute Gasteiger partial charge is 0.489 e. The molecule has 2 aromatic rings. The predicted octanol–water partition coefficient (Wildman–Crippen LogP) is 3.09. The van der Waals surface area contributed by atoms with Crippen LogP contribution in [0.2, 0.25) is 0 Å². The molecule has 1 aliphatic heterocycles. The molecule has 0 bridgehead atoms. The van der Waals surface area contributed by atoms with Crippen molar-refractivity contribution in [3.05, 3.63) is 75.5 Å². The Kier molecular flexibility index (Phi) is 5.16. The number of urea groups is 1. The Morgan fingerprint density at radius 2 is 1.93 bits per heavy atom. The second kappa shape index (κ2) is 7.69. The van der Waals surface area contributed by atoms with E-state index in [4.69, 9.17) is 4.74 Å². The number of nitrogens with one attached hydrogen (secondary N) is 1. The summed E-state index contributed by atoms with van der Waals surface area (Å²) in [5, 5.41) is 13.3. The number of nitro groups is 1. The van der Waals surface area contributed by atoms with Gasteiger partial charge >= 0.3 is 6.03 Å². The molecular weight excluding hydrogens is 350 g/mol. The van der Waals surface area contributed by atoms with Gasteiger partial charge in [-0.3, -0.25) is 19.8 Å². The Labute approximate surface area is 155 Å². The van der Waals surface area contributed by atoms with Crippen molar-refractivity contribution in [2.24, 2.45) is 0 Å². The quantitative estimate of drug-likeness (QED) is 0.366. The van der Waals surface area contributed by atoms with Crippen molar-refractivity contribution >= 4 is 23.7 Å². The normalized spacial score (nSPS) is 15.1. The number of imide groups is 1. The zero-order valence-electron chi connectivity index (χ0n) is 14.5. The molecule has 8 heteroatoms. The average molecular weight is 367 g/mol. The third-order valence-corrected chi connectivity index (χ3v) is 4.00. The monoisotopic (exact) mass is 367 g/mol. The summed E-state index contributed by atoms with van der Waals surface area (Å²) < 4.78 is 5.64. The molecule has 2 aromatic carbocycles. The molecule has 1 saturated heterocycles. The third-order valence-electron chi connectivity index (χ3n) is 4.00. The molecule has 8 nitrogen and oxygen atoms in total. The molecule has 27 heavy (non-hydrogen) atoms. The molecule has 0 unspecified atom stereocenters. The van der Waals surface area contributed by atoms with Crippen LogP contribution in [0.1, 0.15) is 18.1 Å². The van der Waals surface area contributed by atoms with Gasteiger partial charge in [-0.05, 0) is 36.3 Å². The van der Waals surface area contributed by atoms with E-state index in [1.807, 2.05) is 0 Å². The van der Waals surface area contributed by atoms with Gasteiger partial charge in [0.2, 0.25) is 0 Å². The maximum atomic E-state index is 12.1. The number of benzene rings is 2. The standard InChI is InChI=1S/C19H17N3O5/c1-2-21-18(23)17(20-19(21)24)11-13-6-8-16(9-7-13)27-12-14-4-3-5-15(10-14)22(25)26/h3-11H,2,12H2,1H3,(H,20,24)/b17-11+. The molecular formula is C19H17N3O5. The van der Waals surface area contributed by atoms with Gasteiger partial charge in [-0.1, -0.05) is 24.3 Å². The average Bonchev–Trinajstić information content (AvgIpc) is 2.94. The Balaban J connectivity index is 1.65. The summed E-state index contributed by atoms with van der Waals surface area (Å²) in [5.41, 5.74) is 1.67. The van der Waals surface area contributed by atoms with Gasteiger partial charge in [0, 0.05) is 18.7 Å². The molecule has 0 aliphatic carbocycles. The number of likely N-dealkylation sites (N-methyl/N-ethyl adjacent to an activating group) is 1. The van der Waals surface area contributed by atoms with Gasteiger partial charge in [0.25, 0.3) is 11.6 Å². The van der Waals surface area contributed by atoms with Gasteiger partial charge in [-0.2, -0.15) is 0 Å². The fourth-order valence-electron chi connectivity index (χ4n) is 2.61. The number of non-ortho nitro benzene ring substituents is 1. The van der Waals surface area contributed by atoms with Crippen molar-refractivity contribution in [3.8, 4) is 5.75 Å². The van der Waals surface area contributed by atoms with E-state index >= 15 is 0 Å². The Bertz CT molecular complexity index is 921. The van der Waals surface area contributed by atoms with Crippen LogP contribution in [0.15, 0.2) is 54.2 Å². The van der Waals surface area contributed by atoms with Crippen LogP contribution in [0.5, 0.6) is 5.75 Å². The predicted molar refractivity (Wildman–Crippen MR) is 97.8 cm³/mol. The molecule has 1 fully saturated rings. The first kappa shape index (κ1) is 18.1. The Morgan fingerprint density at radius 3 is 2.56 bits per heavy atom. The highest BCUT2D eigenvalue weighted by molar-refractivity contribution is 6.13. The van der Waals surface area contributed by atoms with Gasteiger partial charge < -0.3 is 10.1 Å². The molecule has 138 valence electrons. The van der Waals surface area contributed by atoms with E-state index in [1.54, 1.807) is 49.4 Å². The summed E-state index contributed by atoms with van der Waals surface area (Å²) in [6.07, 6.45) is 1.60. The molecule has 0 aromatic heterocycles. The molecule has 1 N–H and O–H groups in total. The minimum atomic E-state index is -0.450. The highest BCUT2D eigenvalue weighted by Crippen LogP contribution is 2.19. The lowest BCUT2D eigenvalue weighted by atomic mass is 10.2. The van der Waals surface area contributed by atoms with Gasteiger partial charge in [-0.25, -0.2) is 4.79 Å². The second-order valence-electron chi connectivity index (χ2n) is 5.82. The van der Waals surface area contributed by atoms with E-state index in [1.165, 1.54) is 12.1 Å².